The van der Waals surface area contributed by atoms with Crippen molar-refractivity contribution >= 4 is 21.7 Å². The van der Waals surface area contributed by atoms with Gasteiger partial charge in [0.05, 0.1) is 18.2 Å². The van der Waals surface area contributed by atoms with Crippen LogP contribution in [0, 0.1) is 0 Å². The molecule has 0 N–H and O–H groups in total. The minimum atomic E-state index is -3.50. The Labute approximate surface area is 103 Å². The molecule has 2 aromatic rings. The maximum atomic E-state index is 11.2. The Balaban J connectivity index is 2.19. The lowest BCUT2D eigenvalue weighted by Gasteiger charge is -1.98. The maximum absolute atomic E-state index is 11.2. The minimum absolute atomic E-state index is 0.204. The molecule has 0 atom stereocenters. The number of aromatic nitrogens is 3. The Morgan fingerprint density at radius 3 is 2.65 bits per heavy atom. The van der Waals surface area contributed by atoms with Gasteiger partial charge in [0.15, 0.2) is 12.4 Å². The fourth-order valence-corrected chi connectivity index (χ4v) is 2.40. The van der Waals surface area contributed by atoms with Crippen molar-refractivity contribution in [3.05, 3.63) is 30.7 Å². The molecular formula is C9H10N3O3S2+. The molecule has 8 heteroatoms. The van der Waals surface area contributed by atoms with Crippen molar-refractivity contribution in [2.24, 2.45) is 0 Å². The SMILES string of the molecule is COS(=O)(=O)C[n+]1ccc(-c2cnns2)cc1. The first-order valence-corrected chi connectivity index (χ1v) is 7.01. The molecule has 0 saturated heterocycles. The zero-order valence-corrected chi connectivity index (χ0v) is 10.6. The van der Waals surface area contributed by atoms with Crippen LogP contribution in [-0.2, 0) is 20.2 Å². The van der Waals surface area contributed by atoms with Gasteiger partial charge < -0.3 is 0 Å². The topological polar surface area (TPSA) is 73.0 Å². The minimum Gasteiger partial charge on any atom is -0.269 e. The third-order valence-corrected chi connectivity index (χ3v) is 3.93. The molecule has 2 aromatic heterocycles. The first-order valence-electron chi connectivity index (χ1n) is 4.66. The van der Waals surface area contributed by atoms with Crippen molar-refractivity contribution in [1.82, 2.24) is 9.59 Å². The van der Waals surface area contributed by atoms with E-state index in [0.717, 1.165) is 17.6 Å². The normalized spacial score (nSPS) is 11.6. The Hall–Kier alpha value is -1.38. The summed E-state index contributed by atoms with van der Waals surface area (Å²) in [6, 6.07) is 3.61. The fraction of sp³-hybridized carbons (Fsp3) is 0.222. The van der Waals surface area contributed by atoms with Gasteiger partial charge >= 0.3 is 10.1 Å². The molecule has 2 heterocycles. The summed E-state index contributed by atoms with van der Waals surface area (Å²) in [4.78, 5) is 0.937. The molecule has 17 heavy (non-hydrogen) atoms. The van der Waals surface area contributed by atoms with Crippen LogP contribution in [0.4, 0.5) is 0 Å². The molecule has 0 saturated carbocycles. The second kappa shape index (κ2) is 4.86. The van der Waals surface area contributed by atoms with E-state index in [-0.39, 0.29) is 5.88 Å². The van der Waals surface area contributed by atoms with Gasteiger partial charge in [-0.15, -0.1) is 5.10 Å². The summed E-state index contributed by atoms with van der Waals surface area (Å²) in [7, 11) is -2.35. The van der Waals surface area contributed by atoms with Gasteiger partial charge in [0.1, 0.15) is 0 Å². The average molecular weight is 272 g/mol. The highest BCUT2D eigenvalue weighted by Crippen LogP contribution is 2.19. The van der Waals surface area contributed by atoms with Crippen molar-refractivity contribution in [2.45, 2.75) is 5.88 Å². The van der Waals surface area contributed by atoms with Crippen LogP contribution in [-0.4, -0.2) is 25.1 Å². The van der Waals surface area contributed by atoms with Crippen LogP contribution in [0.15, 0.2) is 30.7 Å². The summed E-state index contributed by atoms with van der Waals surface area (Å²) in [6.07, 6.45) is 5.01. The standard InChI is InChI=1S/C9H10N3O3S2/c1-15-17(13,14)7-12-4-2-8(3-5-12)9-6-10-11-16-9/h2-6H,7H2,1H3/q+1. The van der Waals surface area contributed by atoms with Crippen LogP contribution >= 0.6 is 11.5 Å². The van der Waals surface area contributed by atoms with E-state index in [2.05, 4.69) is 13.8 Å². The smallest absolute Gasteiger partial charge is 0.269 e. The van der Waals surface area contributed by atoms with Crippen LogP contribution in [0.2, 0.25) is 0 Å². The first-order chi connectivity index (χ1) is 8.11. The number of pyridine rings is 1. The number of hydrogen-bond donors (Lipinski definition) is 0. The van der Waals surface area contributed by atoms with Gasteiger partial charge in [0.2, 0.25) is 0 Å². The Morgan fingerprint density at radius 1 is 1.41 bits per heavy atom. The maximum Gasteiger partial charge on any atom is 0.329 e. The molecule has 0 aromatic carbocycles. The molecule has 2 rings (SSSR count). The zero-order chi connectivity index (χ0) is 12.3. The Kier molecular flexibility index (Phi) is 3.46. The van der Waals surface area contributed by atoms with Gasteiger partial charge in [-0.3, -0.25) is 4.18 Å². The summed E-state index contributed by atoms with van der Waals surface area (Å²) in [5, 5.41) is 3.74. The third-order valence-electron chi connectivity index (χ3n) is 2.10. The Bertz CT molecular complexity index is 578. The lowest BCUT2D eigenvalue weighted by atomic mass is 10.2. The number of rotatable bonds is 4. The van der Waals surface area contributed by atoms with E-state index < -0.39 is 10.1 Å². The summed E-state index contributed by atoms with van der Waals surface area (Å²) in [5.74, 6) is -0.204. The highest BCUT2D eigenvalue weighted by atomic mass is 32.2. The first kappa shape index (κ1) is 12.1. The van der Waals surface area contributed by atoms with Gasteiger partial charge in [-0.25, -0.2) is 0 Å². The summed E-state index contributed by atoms with van der Waals surface area (Å²) >= 11 is 1.29. The lowest BCUT2D eigenvalue weighted by molar-refractivity contribution is -0.678. The molecule has 0 unspecified atom stereocenters. The fourth-order valence-electron chi connectivity index (χ4n) is 1.24. The summed E-state index contributed by atoms with van der Waals surface area (Å²) < 4.78 is 32.1. The molecule has 0 amide bonds. The molecule has 0 radical (unpaired) electrons. The van der Waals surface area contributed by atoms with E-state index in [9.17, 15) is 8.42 Å². The van der Waals surface area contributed by atoms with E-state index in [1.54, 1.807) is 30.7 Å². The van der Waals surface area contributed by atoms with Crippen molar-refractivity contribution in [3.8, 4) is 10.4 Å². The van der Waals surface area contributed by atoms with Crippen molar-refractivity contribution < 1.29 is 17.2 Å². The van der Waals surface area contributed by atoms with Crippen LogP contribution in [0.1, 0.15) is 0 Å². The summed E-state index contributed by atoms with van der Waals surface area (Å²) in [5.41, 5.74) is 0.950. The molecule has 0 aliphatic rings. The molecule has 0 fully saturated rings. The molecule has 0 bridgehead atoms. The van der Waals surface area contributed by atoms with Crippen molar-refractivity contribution in [1.29, 1.82) is 0 Å². The van der Waals surface area contributed by atoms with Crippen molar-refractivity contribution in [3.63, 3.8) is 0 Å². The number of hydrogen-bond acceptors (Lipinski definition) is 6. The van der Waals surface area contributed by atoms with Crippen LogP contribution in [0.25, 0.3) is 10.4 Å². The molecule has 90 valence electrons. The monoisotopic (exact) mass is 272 g/mol. The number of nitrogens with zero attached hydrogens (tertiary/aromatic N) is 3. The highest BCUT2D eigenvalue weighted by Gasteiger charge is 2.15. The van der Waals surface area contributed by atoms with Gasteiger partial charge in [-0.1, -0.05) is 4.49 Å². The van der Waals surface area contributed by atoms with E-state index in [1.807, 2.05) is 0 Å². The zero-order valence-electron chi connectivity index (χ0n) is 8.98. The molecule has 6 nitrogen and oxygen atoms in total. The molecule has 0 aliphatic heterocycles. The van der Waals surface area contributed by atoms with Gasteiger partial charge in [0.25, 0.3) is 5.88 Å². The second-order valence-electron chi connectivity index (χ2n) is 3.24. The quantitative estimate of drug-likeness (QED) is 0.596. The third kappa shape index (κ3) is 3.05. The Morgan fingerprint density at radius 2 is 2.12 bits per heavy atom. The largest absolute Gasteiger partial charge is 0.329 e. The predicted octanol–water partition coefficient (Wildman–Crippen LogP) is 0.426. The van der Waals surface area contributed by atoms with Gasteiger partial charge in [-0.2, -0.15) is 13.0 Å². The van der Waals surface area contributed by atoms with E-state index in [1.165, 1.54) is 16.1 Å². The molecular weight excluding hydrogens is 262 g/mol. The predicted molar refractivity (Wildman–Crippen MR) is 61.5 cm³/mol. The average Bonchev–Trinajstić information content (AvgIpc) is 2.83. The van der Waals surface area contributed by atoms with Crippen LogP contribution < -0.4 is 4.57 Å². The highest BCUT2D eigenvalue weighted by molar-refractivity contribution is 7.85. The van der Waals surface area contributed by atoms with Crippen LogP contribution in [0.5, 0.6) is 0 Å². The second-order valence-corrected chi connectivity index (χ2v) is 5.73. The van der Waals surface area contributed by atoms with Crippen LogP contribution in [0.3, 0.4) is 0 Å². The molecule has 0 spiro atoms. The van der Waals surface area contributed by atoms with E-state index in [0.29, 0.717) is 0 Å². The van der Waals surface area contributed by atoms with E-state index in [4.69, 9.17) is 0 Å². The lowest BCUT2D eigenvalue weighted by Crippen LogP contribution is -2.37. The summed E-state index contributed by atoms with van der Waals surface area (Å²) in [6.45, 7) is 0. The van der Waals surface area contributed by atoms with E-state index >= 15 is 0 Å². The van der Waals surface area contributed by atoms with Gasteiger partial charge in [0, 0.05) is 17.7 Å². The van der Waals surface area contributed by atoms with Crippen molar-refractivity contribution in [2.75, 3.05) is 7.11 Å². The molecule has 0 aliphatic carbocycles. The van der Waals surface area contributed by atoms with Gasteiger partial charge in [-0.05, 0) is 11.5 Å².